The quantitative estimate of drug-likeness (QED) is 0.782. The zero-order valence-electron chi connectivity index (χ0n) is 8.53. The first-order valence-corrected chi connectivity index (χ1v) is 7.42. The minimum Gasteiger partial charge on any atom is -0.390 e. The Morgan fingerprint density at radius 2 is 2.00 bits per heavy atom. The zero-order chi connectivity index (χ0) is 11.0. The van der Waals surface area contributed by atoms with Crippen LogP contribution < -0.4 is 0 Å². The number of rotatable bonds is 5. The number of hydrogen-bond acceptors (Lipinski definition) is 3. The van der Waals surface area contributed by atoms with Gasteiger partial charge in [-0.3, -0.25) is 0 Å². The van der Waals surface area contributed by atoms with E-state index in [1.807, 2.05) is 0 Å². The number of alkyl halides is 1. The second-order valence-corrected chi connectivity index (χ2v) is 8.30. The molecule has 84 valence electrons. The lowest BCUT2D eigenvalue weighted by Crippen LogP contribution is -2.45. The SMILES string of the molecule is CC[C@@](Br)([C@@H](O)C1CC1)S(=O)(=O)CC. The van der Waals surface area contributed by atoms with E-state index in [9.17, 15) is 13.5 Å². The van der Waals surface area contributed by atoms with E-state index in [1.54, 1.807) is 13.8 Å². The number of halogens is 1. The van der Waals surface area contributed by atoms with Crippen molar-refractivity contribution in [3.63, 3.8) is 0 Å². The number of aliphatic hydroxyl groups is 1. The molecule has 0 amide bonds. The molecule has 1 fully saturated rings. The largest absolute Gasteiger partial charge is 0.390 e. The zero-order valence-corrected chi connectivity index (χ0v) is 10.9. The Balaban J connectivity index is 2.95. The van der Waals surface area contributed by atoms with E-state index in [1.165, 1.54) is 0 Å². The van der Waals surface area contributed by atoms with Crippen LogP contribution in [0.25, 0.3) is 0 Å². The normalized spacial score (nSPS) is 24.3. The van der Waals surface area contributed by atoms with Crippen LogP contribution in [0.2, 0.25) is 0 Å². The fourth-order valence-corrected chi connectivity index (χ4v) is 4.16. The molecule has 14 heavy (non-hydrogen) atoms. The third-order valence-electron chi connectivity index (χ3n) is 2.89. The highest BCUT2D eigenvalue weighted by atomic mass is 79.9. The van der Waals surface area contributed by atoms with E-state index in [4.69, 9.17) is 0 Å². The lowest BCUT2D eigenvalue weighted by atomic mass is 10.1. The Hall–Kier alpha value is 0.390. The van der Waals surface area contributed by atoms with Gasteiger partial charge in [-0.15, -0.1) is 0 Å². The van der Waals surface area contributed by atoms with Crippen molar-refractivity contribution in [2.75, 3.05) is 5.75 Å². The maximum Gasteiger partial charge on any atom is 0.168 e. The lowest BCUT2D eigenvalue weighted by molar-refractivity contribution is 0.135. The Kier molecular flexibility index (Phi) is 3.65. The first-order chi connectivity index (χ1) is 6.39. The summed E-state index contributed by atoms with van der Waals surface area (Å²) in [7, 11) is -3.25. The van der Waals surface area contributed by atoms with Gasteiger partial charge in [-0.05, 0) is 25.2 Å². The third kappa shape index (κ3) is 1.99. The van der Waals surface area contributed by atoms with E-state index in [0.717, 1.165) is 12.8 Å². The lowest BCUT2D eigenvalue weighted by Gasteiger charge is -2.30. The van der Waals surface area contributed by atoms with Crippen LogP contribution in [0.15, 0.2) is 0 Å². The molecule has 5 heteroatoms. The van der Waals surface area contributed by atoms with Crippen molar-refractivity contribution in [2.24, 2.45) is 5.92 Å². The van der Waals surface area contributed by atoms with Gasteiger partial charge in [0, 0.05) is 5.75 Å². The molecule has 1 aliphatic carbocycles. The molecular formula is C9H17BrO3S. The van der Waals surface area contributed by atoms with E-state index in [2.05, 4.69) is 15.9 Å². The molecule has 0 aliphatic heterocycles. The van der Waals surface area contributed by atoms with Gasteiger partial charge in [0.2, 0.25) is 0 Å². The molecule has 0 heterocycles. The summed E-state index contributed by atoms with van der Waals surface area (Å²) in [4.78, 5) is 0. The van der Waals surface area contributed by atoms with Crippen LogP contribution in [0.3, 0.4) is 0 Å². The summed E-state index contributed by atoms with van der Waals surface area (Å²) in [6, 6.07) is 0. The molecule has 0 spiro atoms. The first-order valence-electron chi connectivity index (χ1n) is 4.98. The van der Waals surface area contributed by atoms with Gasteiger partial charge in [-0.1, -0.05) is 29.8 Å². The van der Waals surface area contributed by atoms with Crippen LogP contribution in [-0.2, 0) is 9.84 Å². The molecule has 0 unspecified atom stereocenters. The van der Waals surface area contributed by atoms with Crippen molar-refractivity contribution in [2.45, 2.75) is 42.9 Å². The monoisotopic (exact) mass is 284 g/mol. The van der Waals surface area contributed by atoms with Crippen molar-refractivity contribution in [3.05, 3.63) is 0 Å². The molecule has 0 aromatic heterocycles. The maximum atomic E-state index is 11.8. The molecule has 2 atom stereocenters. The van der Waals surface area contributed by atoms with Crippen LogP contribution in [-0.4, -0.2) is 29.0 Å². The summed E-state index contributed by atoms with van der Waals surface area (Å²) in [5.41, 5.74) is 0. The van der Waals surface area contributed by atoms with Gasteiger partial charge in [0.25, 0.3) is 0 Å². The van der Waals surface area contributed by atoms with E-state index in [-0.39, 0.29) is 11.7 Å². The average molecular weight is 285 g/mol. The van der Waals surface area contributed by atoms with E-state index in [0.29, 0.717) is 6.42 Å². The Bertz CT molecular complexity index is 297. The molecule has 1 N–H and O–H groups in total. The molecule has 3 nitrogen and oxygen atoms in total. The topological polar surface area (TPSA) is 54.4 Å². The molecule has 0 radical (unpaired) electrons. The molecule has 1 aliphatic rings. The molecule has 0 saturated heterocycles. The average Bonchev–Trinajstić information content (AvgIpc) is 2.98. The van der Waals surface area contributed by atoms with Gasteiger partial charge in [0.05, 0.1) is 6.10 Å². The first kappa shape index (κ1) is 12.5. The van der Waals surface area contributed by atoms with Crippen molar-refractivity contribution in [1.82, 2.24) is 0 Å². The van der Waals surface area contributed by atoms with Crippen molar-refractivity contribution in [1.29, 1.82) is 0 Å². The smallest absolute Gasteiger partial charge is 0.168 e. The minimum atomic E-state index is -3.25. The van der Waals surface area contributed by atoms with Gasteiger partial charge in [0.1, 0.15) is 0 Å². The van der Waals surface area contributed by atoms with Crippen LogP contribution in [0, 0.1) is 5.92 Å². The molecule has 1 rings (SSSR count). The molecule has 0 aromatic rings. The summed E-state index contributed by atoms with van der Waals surface area (Å²) < 4.78 is 22.5. The molecule has 0 bridgehead atoms. The maximum absolute atomic E-state index is 11.8. The number of aliphatic hydroxyl groups excluding tert-OH is 1. The Morgan fingerprint density at radius 3 is 2.29 bits per heavy atom. The standard InChI is InChI=1S/C9H17BrO3S/c1-3-9(10,14(12,13)4-2)8(11)7-5-6-7/h7-8,11H,3-6H2,1-2H3/t8-,9-/m0/s1. The van der Waals surface area contributed by atoms with Gasteiger partial charge in [-0.25, -0.2) is 8.42 Å². The summed E-state index contributed by atoms with van der Waals surface area (Å²) in [6.45, 7) is 3.40. The summed E-state index contributed by atoms with van der Waals surface area (Å²) in [5, 5.41) is 9.95. The Morgan fingerprint density at radius 1 is 1.50 bits per heavy atom. The van der Waals surface area contributed by atoms with E-state index < -0.39 is 19.6 Å². The highest BCUT2D eigenvalue weighted by molar-refractivity contribution is 9.11. The molecule has 1 saturated carbocycles. The fourth-order valence-electron chi connectivity index (χ4n) is 1.62. The van der Waals surface area contributed by atoms with Crippen molar-refractivity contribution in [3.8, 4) is 0 Å². The second-order valence-electron chi connectivity index (χ2n) is 3.83. The van der Waals surface area contributed by atoms with Crippen LogP contribution in [0.1, 0.15) is 33.1 Å². The Labute approximate surface area is 93.9 Å². The highest BCUT2D eigenvalue weighted by Crippen LogP contribution is 2.45. The second kappa shape index (κ2) is 4.10. The summed E-state index contributed by atoms with van der Waals surface area (Å²) in [6.07, 6.45) is 1.51. The summed E-state index contributed by atoms with van der Waals surface area (Å²) in [5.74, 6) is 0.228. The number of hydrogen-bond donors (Lipinski definition) is 1. The van der Waals surface area contributed by atoms with Crippen molar-refractivity contribution < 1.29 is 13.5 Å². The highest BCUT2D eigenvalue weighted by Gasteiger charge is 2.50. The van der Waals surface area contributed by atoms with Gasteiger partial charge < -0.3 is 5.11 Å². The molecule has 0 aromatic carbocycles. The number of sulfone groups is 1. The van der Waals surface area contributed by atoms with Crippen molar-refractivity contribution >= 4 is 25.8 Å². The predicted octanol–water partition coefficient (Wildman–Crippen LogP) is 1.69. The van der Waals surface area contributed by atoms with Gasteiger partial charge in [0.15, 0.2) is 13.5 Å². The van der Waals surface area contributed by atoms with E-state index >= 15 is 0 Å². The third-order valence-corrected chi connectivity index (χ3v) is 7.72. The summed E-state index contributed by atoms with van der Waals surface area (Å²) >= 11 is 3.23. The van der Waals surface area contributed by atoms with Crippen LogP contribution >= 0.6 is 15.9 Å². The van der Waals surface area contributed by atoms with Gasteiger partial charge >= 0.3 is 0 Å². The van der Waals surface area contributed by atoms with Gasteiger partial charge in [-0.2, -0.15) is 0 Å². The minimum absolute atomic E-state index is 0.0653. The fraction of sp³-hybridized carbons (Fsp3) is 1.00. The predicted molar refractivity (Wildman–Crippen MR) is 60.1 cm³/mol. The molecular weight excluding hydrogens is 268 g/mol. The van der Waals surface area contributed by atoms with Crippen LogP contribution in [0.5, 0.6) is 0 Å². The van der Waals surface area contributed by atoms with Crippen LogP contribution in [0.4, 0.5) is 0 Å².